The van der Waals surface area contributed by atoms with Crippen LogP contribution in [0.2, 0.25) is 5.02 Å². The number of benzene rings is 1. The van der Waals surface area contributed by atoms with Gasteiger partial charge in [0.2, 0.25) is 0 Å². The Hall–Kier alpha value is -3.39. The lowest BCUT2D eigenvalue weighted by atomic mass is 10.1. The van der Waals surface area contributed by atoms with Gasteiger partial charge in [0, 0.05) is 49.3 Å². The van der Waals surface area contributed by atoms with Crippen molar-refractivity contribution in [2.24, 2.45) is 0 Å². The molecule has 1 amide bonds. The third-order valence-corrected chi connectivity index (χ3v) is 5.12. The maximum atomic E-state index is 12.9. The number of methoxy groups -OCH3 is 1. The van der Waals surface area contributed by atoms with Gasteiger partial charge in [0.25, 0.3) is 5.91 Å². The van der Waals surface area contributed by atoms with Crippen LogP contribution in [0.3, 0.4) is 0 Å². The molecule has 9 heteroatoms. The van der Waals surface area contributed by atoms with E-state index in [0.717, 1.165) is 11.5 Å². The first-order valence-corrected chi connectivity index (χ1v) is 9.90. The van der Waals surface area contributed by atoms with Gasteiger partial charge in [-0.25, -0.2) is 0 Å². The highest BCUT2D eigenvalue weighted by molar-refractivity contribution is 6.31. The van der Waals surface area contributed by atoms with Gasteiger partial charge in [0.05, 0.1) is 12.7 Å². The summed E-state index contributed by atoms with van der Waals surface area (Å²) in [6.07, 6.45) is 3.42. The minimum absolute atomic E-state index is 0.0861. The Morgan fingerprint density at radius 1 is 1.03 bits per heavy atom. The van der Waals surface area contributed by atoms with Gasteiger partial charge in [0.15, 0.2) is 11.6 Å². The molecular weight excluding hydrogens is 404 g/mol. The highest BCUT2D eigenvalue weighted by Crippen LogP contribution is 2.25. The second-order valence-electron chi connectivity index (χ2n) is 6.76. The van der Waals surface area contributed by atoms with Crippen LogP contribution in [0.4, 0.5) is 17.3 Å². The van der Waals surface area contributed by atoms with Crippen molar-refractivity contribution in [2.45, 2.75) is 0 Å². The van der Waals surface area contributed by atoms with Crippen molar-refractivity contribution in [3.63, 3.8) is 0 Å². The summed E-state index contributed by atoms with van der Waals surface area (Å²) < 4.78 is 5.31. The molecule has 1 fully saturated rings. The summed E-state index contributed by atoms with van der Waals surface area (Å²) >= 11 is 6.07. The Morgan fingerprint density at radius 2 is 1.80 bits per heavy atom. The van der Waals surface area contributed by atoms with Gasteiger partial charge in [-0.1, -0.05) is 11.6 Å². The molecule has 1 saturated heterocycles. The fourth-order valence-electron chi connectivity index (χ4n) is 3.30. The average Bonchev–Trinajstić information content (AvgIpc) is 2.80. The second kappa shape index (κ2) is 8.96. The summed E-state index contributed by atoms with van der Waals surface area (Å²) in [6, 6.07) is 12.6. The van der Waals surface area contributed by atoms with E-state index in [-0.39, 0.29) is 5.91 Å². The summed E-state index contributed by atoms with van der Waals surface area (Å²) in [5, 5.41) is 12.3. The quantitative estimate of drug-likeness (QED) is 0.673. The number of amides is 1. The first-order valence-electron chi connectivity index (χ1n) is 9.52. The lowest BCUT2D eigenvalue weighted by Crippen LogP contribution is -2.49. The van der Waals surface area contributed by atoms with Gasteiger partial charge in [0.1, 0.15) is 5.75 Å². The summed E-state index contributed by atoms with van der Waals surface area (Å²) in [5.74, 6) is 1.88. The number of halogens is 1. The maximum Gasteiger partial charge on any atom is 0.257 e. The van der Waals surface area contributed by atoms with E-state index in [1.54, 1.807) is 42.6 Å². The number of ether oxygens (including phenoxy) is 1. The van der Waals surface area contributed by atoms with E-state index < -0.39 is 0 Å². The number of aromatic nitrogens is 3. The zero-order valence-corrected chi connectivity index (χ0v) is 17.2. The van der Waals surface area contributed by atoms with Gasteiger partial charge >= 0.3 is 0 Å². The van der Waals surface area contributed by atoms with E-state index in [0.29, 0.717) is 48.3 Å². The van der Waals surface area contributed by atoms with Crippen molar-refractivity contribution >= 4 is 34.8 Å². The highest BCUT2D eigenvalue weighted by Gasteiger charge is 2.25. The molecule has 0 saturated carbocycles. The zero-order chi connectivity index (χ0) is 20.9. The molecule has 154 valence electrons. The number of carbonyl (C=O) groups is 1. The molecule has 1 N–H and O–H groups in total. The standard InChI is InChI=1S/C21H21ClN6O2/c1-30-18-3-2-15(22)14-17(18)21(29)28-12-10-27(11-13-28)20-5-4-19(25-26-20)24-16-6-8-23-9-7-16/h2-9,14H,10-13H2,1H3,(H,23,24,25). The number of rotatable bonds is 5. The summed E-state index contributed by atoms with van der Waals surface area (Å²) in [7, 11) is 1.55. The van der Waals surface area contributed by atoms with Gasteiger partial charge in [-0.3, -0.25) is 9.78 Å². The Balaban J connectivity index is 1.37. The number of pyridine rings is 1. The maximum absolute atomic E-state index is 12.9. The Labute approximate surface area is 179 Å². The molecule has 1 aliphatic rings. The fourth-order valence-corrected chi connectivity index (χ4v) is 3.47. The largest absolute Gasteiger partial charge is 0.496 e. The van der Waals surface area contributed by atoms with Crippen LogP contribution < -0.4 is 15.0 Å². The van der Waals surface area contributed by atoms with Crippen LogP contribution in [0, 0.1) is 0 Å². The number of nitrogens with one attached hydrogen (secondary N) is 1. The average molecular weight is 425 g/mol. The molecule has 4 rings (SSSR count). The van der Waals surface area contributed by atoms with Crippen LogP contribution in [-0.2, 0) is 0 Å². The third kappa shape index (κ3) is 4.44. The Bertz CT molecular complexity index is 1010. The number of hydrogen-bond donors (Lipinski definition) is 1. The van der Waals surface area contributed by atoms with Crippen LogP contribution in [0.5, 0.6) is 5.75 Å². The number of hydrogen-bond acceptors (Lipinski definition) is 7. The van der Waals surface area contributed by atoms with Crippen LogP contribution >= 0.6 is 11.6 Å². The Kier molecular flexibility index (Phi) is 5.94. The molecule has 0 bridgehead atoms. The molecule has 0 atom stereocenters. The van der Waals surface area contributed by atoms with Crippen LogP contribution in [-0.4, -0.2) is 59.3 Å². The zero-order valence-electron chi connectivity index (χ0n) is 16.5. The lowest BCUT2D eigenvalue weighted by Gasteiger charge is -2.35. The fraction of sp³-hybridized carbons (Fsp3) is 0.238. The second-order valence-corrected chi connectivity index (χ2v) is 7.20. The van der Waals surface area contributed by atoms with E-state index >= 15 is 0 Å². The topological polar surface area (TPSA) is 83.5 Å². The van der Waals surface area contributed by atoms with E-state index in [4.69, 9.17) is 16.3 Å². The van der Waals surface area contributed by atoms with Crippen LogP contribution in [0.1, 0.15) is 10.4 Å². The van der Waals surface area contributed by atoms with Crippen molar-refractivity contribution in [3.8, 4) is 5.75 Å². The van der Waals surface area contributed by atoms with Crippen molar-refractivity contribution < 1.29 is 9.53 Å². The first kappa shape index (κ1) is 19.9. The lowest BCUT2D eigenvalue weighted by molar-refractivity contribution is 0.0743. The number of anilines is 3. The molecule has 3 heterocycles. The molecule has 30 heavy (non-hydrogen) atoms. The SMILES string of the molecule is COc1ccc(Cl)cc1C(=O)N1CCN(c2ccc(Nc3ccncc3)nn2)CC1. The van der Waals surface area contributed by atoms with E-state index in [1.165, 1.54) is 0 Å². The molecule has 3 aromatic rings. The van der Waals surface area contributed by atoms with Crippen molar-refractivity contribution in [1.29, 1.82) is 0 Å². The third-order valence-electron chi connectivity index (χ3n) is 4.89. The number of piperazine rings is 1. The minimum Gasteiger partial charge on any atom is -0.496 e. The smallest absolute Gasteiger partial charge is 0.257 e. The minimum atomic E-state index is -0.0861. The molecule has 0 unspecified atom stereocenters. The van der Waals surface area contributed by atoms with Crippen molar-refractivity contribution in [2.75, 3.05) is 43.5 Å². The monoisotopic (exact) mass is 424 g/mol. The molecular formula is C21H21ClN6O2. The van der Waals surface area contributed by atoms with Gasteiger partial charge in [-0.15, -0.1) is 10.2 Å². The van der Waals surface area contributed by atoms with Crippen molar-refractivity contribution in [3.05, 3.63) is 65.4 Å². The molecule has 1 aliphatic heterocycles. The number of nitrogens with zero attached hydrogens (tertiary/aromatic N) is 5. The number of carbonyl (C=O) groups excluding carboxylic acids is 1. The molecule has 0 spiro atoms. The molecule has 1 aromatic carbocycles. The molecule has 0 aliphatic carbocycles. The van der Waals surface area contributed by atoms with Gasteiger partial charge in [-0.05, 0) is 42.5 Å². The molecule has 0 radical (unpaired) electrons. The summed E-state index contributed by atoms with van der Waals surface area (Å²) in [6.45, 7) is 2.49. The van der Waals surface area contributed by atoms with E-state index in [9.17, 15) is 4.79 Å². The van der Waals surface area contributed by atoms with Crippen molar-refractivity contribution in [1.82, 2.24) is 20.1 Å². The molecule has 2 aromatic heterocycles. The summed E-state index contributed by atoms with van der Waals surface area (Å²) in [4.78, 5) is 20.8. The Morgan fingerprint density at radius 3 is 2.47 bits per heavy atom. The van der Waals surface area contributed by atoms with E-state index in [1.807, 2.05) is 24.3 Å². The van der Waals surface area contributed by atoms with Crippen LogP contribution in [0.15, 0.2) is 54.9 Å². The van der Waals surface area contributed by atoms with Gasteiger partial charge < -0.3 is 19.9 Å². The molecule has 8 nitrogen and oxygen atoms in total. The predicted molar refractivity (Wildman–Crippen MR) is 116 cm³/mol. The van der Waals surface area contributed by atoms with E-state index in [2.05, 4.69) is 25.4 Å². The summed E-state index contributed by atoms with van der Waals surface area (Å²) in [5.41, 5.74) is 1.38. The van der Waals surface area contributed by atoms with Crippen LogP contribution in [0.25, 0.3) is 0 Å². The normalized spacial score (nSPS) is 13.8. The van der Waals surface area contributed by atoms with Gasteiger partial charge in [-0.2, -0.15) is 0 Å². The predicted octanol–water partition coefficient (Wildman–Crippen LogP) is 3.24. The first-order chi connectivity index (χ1) is 14.6. The highest BCUT2D eigenvalue weighted by atomic mass is 35.5.